The number of hydrogen-bond acceptors (Lipinski definition) is 0. The Bertz CT molecular complexity index is 498. The monoisotopic (exact) mass is 284 g/mol. The Morgan fingerprint density at radius 3 is 2.48 bits per heavy atom. The maximum atomic E-state index is 4.45. The molecular weight excluding hydrogens is 252 g/mol. The Hall–Kier alpha value is -0.520. The van der Waals surface area contributed by atoms with Crippen LogP contribution in [0.25, 0.3) is 0 Å². The molecule has 0 amide bonds. The molecule has 116 valence electrons. The summed E-state index contributed by atoms with van der Waals surface area (Å²) in [5, 5.41) is 0. The van der Waals surface area contributed by atoms with Gasteiger partial charge in [0, 0.05) is 0 Å². The lowest BCUT2D eigenvalue weighted by Crippen LogP contribution is -2.49. The first-order chi connectivity index (χ1) is 9.95. The minimum Gasteiger partial charge on any atom is -0.0993 e. The van der Waals surface area contributed by atoms with E-state index in [1.807, 2.05) is 5.57 Å². The van der Waals surface area contributed by atoms with Crippen LogP contribution in [0.3, 0.4) is 0 Å². The van der Waals surface area contributed by atoms with Crippen molar-refractivity contribution in [2.75, 3.05) is 0 Å². The molecule has 0 heteroatoms. The smallest absolute Gasteiger partial charge is 0.00851 e. The summed E-state index contributed by atoms with van der Waals surface area (Å²) in [5.74, 6) is 3.72. The fourth-order valence-electron chi connectivity index (χ4n) is 6.81. The van der Waals surface area contributed by atoms with Crippen LogP contribution in [-0.4, -0.2) is 0 Å². The third kappa shape index (κ3) is 1.80. The molecule has 6 atom stereocenters. The van der Waals surface area contributed by atoms with E-state index in [0.29, 0.717) is 10.8 Å². The molecule has 3 saturated carbocycles. The summed E-state index contributed by atoms with van der Waals surface area (Å²) in [4.78, 5) is 0. The zero-order valence-electron chi connectivity index (χ0n) is 14.3. The van der Waals surface area contributed by atoms with E-state index in [1.54, 1.807) is 5.57 Å². The number of allylic oxidation sites excluding steroid dienone is 3. The standard InChI is InChI=1S/C21H32/c1-14-9-11-21(4)16(13-14)6-7-17-18-8-5-15(2)20(18,3)12-10-19(17)21/h13-14,17-19H,2,5-12H2,1,3-4H3/t14-,17?,18?,19?,20-,21+/m1/s1. The minimum atomic E-state index is 0.487. The van der Waals surface area contributed by atoms with E-state index in [9.17, 15) is 0 Å². The van der Waals surface area contributed by atoms with Crippen LogP contribution in [0.4, 0.5) is 0 Å². The maximum Gasteiger partial charge on any atom is -0.00851 e. The Kier molecular flexibility index (Phi) is 3.02. The molecule has 0 heterocycles. The lowest BCUT2D eigenvalue weighted by molar-refractivity contribution is -0.0272. The summed E-state index contributed by atoms with van der Waals surface area (Å²) in [7, 11) is 0. The van der Waals surface area contributed by atoms with Crippen LogP contribution in [0, 0.1) is 34.5 Å². The van der Waals surface area contributed by atoms with E-state index in [1.165, 1.54) is 51.4 Å². The van der Waals surface area contributed by atoms with Crippen LogP contribution in [-0.2, 0) is 0 Å². The second kappa shape index (κ2) is 4.49. The molecule has 0 bridgehead atoms. The van der Waals surface area contributed by atoms with E-state index in [0.717, 1.165) is 23.7 Å². The van der Waals surface area contributed by atoms with Gasteiger partial charge >= 0.3 is 0 Å². The first-order valence-corrected chi connectivity index (χ1v) is 9.34. The number of hydrogen-bond donors (Lipinski definition) is 0. The van der Waals surface area contributed by atoms with Gasteiger partial charge in [-0.15, -0.1) is 0 Å². The van der Waals surface area contributed by atoms with Crippen molar-refractivity contribution >= 4 is 0 Å². The van der Waals surface area contributed by atoms with Crippen molar-refractivity contribution in [2.24, 2.45) is 34.5 Å². The SMILES string of the molecule is C=C1CCC2C3CCC4=C[C@H](C)CC[C@]4(C)C3CC[C@]12C. The molecule has 3 unspecified atom stereocenters. The van der Waals surface area contributed by atoms with Crippen LogP contribution in [0.1, 0.15) is 72.1 Å². The van der Waals surface area contributed by atoms with Crippen molar-refractivity contribution in [3.63, 3.8) is 0 Å². The van der Waals surface area contributed by atoms with Gasteiger partial charge in [-0.3, -0.25) is 0 Å². The summed E-state index contributed by atoms with van der Waals surface area (Å²) in [5.41, 5.74) is 4.44. The van der Waals surface area contributed by atoms with Gasteiger partial charge in [-0.25, -0.2) is 0 Å². The van der Waals surface area contributed by atoms with Gasteiger partial charge in [-0.1, -0.05) is 44.6 Å². The molecule has 0 aromatic heterocycles. The molecule has 0 aromatic carbocycles. The highest BCUT2D eigenvalue weighted by Crippen LogP contribution is 2.66. The fourth-order valence-corrected chi connectivity index (χ4v) is 6.81. The van der Waals surface area contributed by atoms with Crippen LogP contribution in [0.2, 0.25) is 0 Å². The van der Waals surface area contributed by atoms with Crippen molar-refractivity contribution in [2.45, 2.75) is 72.1 Å². The largest absolute Gasteiger partial charge is 0.0993 e. The predicted octanol–water partition coefficient (Wildman–Crippen LogP) is 6.14. The van der Waals surface area contributed by atoms with Crippen LogP contribution >= 0.6 is 0 Å². The quantitative estimate of drug-likeness (QED) is 0.469. The van der Waals surface area contributed by atoms with Crippen LogP contribution < -0.4 is 0 Å². The lowest BCUT2D eigenvalue weighted by Gasteiger charge is -2.58. The second-order valence-corrected chi connectivity index (χ2v) is 9.14. The molecule has 0 nitrogen and oxygen atoms in total. The highest BCUT2D eigenvalue weighted by Gasteiger charge is 2.56. The van der Waals surface area contributed by atoms with E-state index in [-0.39, 0.29) is 0 Å². The predicted molar refractivity (Wildman–Crippen MR) is 90.0 cm³/mol. The van der Waals surface area contributed by atoms with Gasteiger partial charge in [0.05, 0.1) is 0 Å². The third-order valence-corrected chi connectivity index (χ3v) is 8.30. The average molecular weight is 284 g/mol. The van der Waals surface area contributed by atoms with Crippen molar-refractivity contribution < 1.29 is 0 Å². The molecule has 4 aliphatic rings. The molecule has 3 fully saturated rings. The summed E-state index contributed by atoms with van der Waals surface area (Å²) < 4.78 is 0. The van der Waals surface area contributed by atoms with Gasteiger partial charge in [0.25, 0.3) is 0 Å². The molecule has 0 aliphatic heterocycles. The molecule has 4 rings (SSSR count). The van der Waals surface area contributed by atoms with Gasteiger partial charge in [-0.2, -0.15) is 0 Å². The van der Waals surface area contributed by atoms with E-state index in [2.05, 4.69) is 33.4 Å². The topological polar surface area (TPSA) is 0 Å². The Morgan fingerprint density at radius 1 is 0.952 bits per heavy atom. The van der Waals surface area contributed by atoms with Crippen molar-refractivity contribution in [1.29, 1.82) is 0 Å². The zero-order valence-corrected chi connectivity index (χ0v) is 14.3. The number of rotatable bonds is 0. The molecule has 0 saturated heterocycles. The molecule has 4 aliphatic carbocycles. The Balaban J connectivity index is 1.69. The highest BCUT2D eigenvalue weighted by atomic mass is 14.6. The van der Waals surface area contributed by atoms with Crippen LogP contribution in [0.15, 0.2) is 23.8 Å². The van der Waals surface area contributed by atoms with Crippen LogP contribution in [0.5, 0.6) is 0 Å². The van der Waals surface area contributed by atoms with E-state index < -0.39 is 0 Å². The fraction of sp³-hybridized carbons (Fsp3) is 0.810. The molecular formula is C21H32. The molecule has 0 N–H and O–H groups in total. The highest BCUT2D eigenvalue weighted by molar-refractivity contribution is 5.27. The third-order valence-electron chi connectivity index (χ3n) is 8.30. The maximum absolute atomic E-state index is 4.45. The minimum absolute atomic E-state index is 0.487. The van der Waals surface area contributed by atoms with Gasteiger partial charge in [0.2, 0.25) is 0 Å². The Morgan fingerprint density at radius 2 is 1.67 bits per heavy atom. The van der Waals surface area contributed by atoms with Crippen molar-refractivity contribution in [3.8, 4) is 0 Å². The van der Waals surface area contributed by atoms with Crippen molar-refractivity contribution in [3.05, 3.63) is 23.8 Å². The Labute approximate surface area is 131 Å². The van der Waals surface area contributed by atoms with Gasteiger partial charge < -0.3 is 0 Å². The van der Waals surface area contributed by atoms with Gasteiger partial charge in [0.15, 0.2) is 0 Å². The summed E-state index contributed by atoms with van der Waals surface area (Å²) >= 11 is 0. The van der Waals surface area contributed by atoms with E-state index in [4.69, 9.17) is 0 Å². The first-order valence-electron chi connectivity index (χ1n) is 9.34. The first kappa shape index (κ1) is 14.1. The van der Waals surface area contributed by atoms with Gasteiger partial charge in [-0.05, 0) is 85.9 Å². The zero-order chi connectivity index (χ0) is 14.8. The molecule has 0 radical (unpaired) electrons. The normalized spacial score (nSPS) is 52.7. The van der Waals surface area contributed by atoms with Crippen molar-refractivity contribution in [1.82, 2.24) is 0 Å². The van der Waals surface area contributed by atoms with E-state index >= 15 is 0 Å². The lowest BCUT2D eigenvalue weighted by atomic mass is 9.47. The summed E-state index contributed by atoms with van der Waals surface area (Å²) in [6.45, 7) is 12.0. The number of fused-ring (bicyclic) bond motifs is 5. The molecule has 0 spiro atoms. The second-order valence-electron chi connectivity index (χ2n) is 9.14. The average Bonchev–Trinajstić information content (AvgIpc) is 2.76. The summed E-state index contributed by atoms with van der Waals surface area (Å²) in [6, 6.07) is 0. The summed E-state index contributed by atoms with van der Waals surface area (Å²) in [6.07, 6.45) is 14.0. The molecule has 21 heavy (non-hydrogen) atoms. The molecule has 0 aromatic rings. The van der Waals surface area contributed by atoms with Gasteiger partial charge in [0.1, 0.15) is 0 Å².